The van der Waals surface area contributed by atoms with E-state index in [2.05, 4.69) is 23.8 Å². The number of hydrogen-bond acceptors (Lipinski definition) is 3. The molecule has 0 saturated heterocycles. The van der Waals surface area contributed by atoms with Crippen LogP contribution >= 0.6 is 12.2 Å². The third-order valence-electron chi connectivity index (χ3n) is 2.69. The van der Waals surface area contributed by atoms with Gasteiger partial charge in [-0.15, -0.1) is 0 Å². The molecule has 0 bridgehead atoms. The minimum Gasteiger partial charge on any atom is -0.497 e. The smallest absolute Gasteiger partial charge is 0.130 e. The van der Waals surface area contributed by atoms with Gasteiger partial charge >= 0.3 is 0 Å². The molecule has 1 N–H and O–H groups in total. The largest absolute Gasteiger partial charge is 0.497 e. The predicted octanol–water partition coefficient (Wildman–Crippen LogP) is 3.94. The second kappa shape index (κ2) is 5.31. The molecule has 2 rings (SSSR count). The zero-order valence-electron chi connectivity index (χ0n) is 10.7. The summed E-state index contributed by atoms with van der Waals surface area (Å²) in [7, 11) is 1.66. The van der Waals surface area contributed by atoms with E-state index in [1.165, 1.54) is 0 Å². The Morgan fingerprint density at radius 3 is 2.72 bits per heavy atom. The first kappa shape index (κ1) is 12.8. The molecular formula is C14H16N2OS. The van der Waals surface area contributed by atoms with Gasteiger partial charge < -0.3 is 9.72 Å². The minimum absolute atomic E-state index is 0.317. The van der Waals surface area contributed by atoms with E-state index in [1.807, 2.05) is 30.3 Å². The Hall–Kier alpha value is -1.68. The highest BCUT2D eigenvalue weighted by molar-refractivity contribution is 7.71. The van der Waals surface area contributed by atoms with Gasteiger partial charge in [0.15, 0.2) is 0 Å². The van der Waals surface area contributed by atoms with Gasteiger partial charge in [0.05, 0.1) is 7.11 Å². The molecule has 0 spiro atoms. The van der Waals surface area contributed by atoms with Gasteiger partial charge in [-0.05, 0) is 18.2 Å². The number of aromatic amines is 1. The van der Waals surface area contributed by atoms with Crippen molar-refractivity contribution in [2.45, 2.75) is 19.8 Å². The predicted molar refractivity (Wildman–Crippen MR) is 75.5 cm³/mol. The molecule has 0 aliphatic heterocycles. The van der Waals surface area contributed by atoms with Crippen LogP contribution in [0.15, 0.2) is 30.3 Å². The standard InChI is InChI=1S/C14H16N2OS/c1-9(2)14-15-12(8-13(18)16-14)10-5-4-6-11(7-10)17-3/h4-9H,1-3H3,(H,15,16,18). The van der Waals surface area contributed by atoms with Crippen molar-refractivity contribution in [3.63, 3.8) is 0 Å². The monoisotopic (exact) mass is 260 g/mol. The first-order valence-corrected chi connectivity index (χ1v) is 6.26. The molecule has 2 aromatic rings. The quantitative estimate of drug-likeness (QED) is 0.849. The van der Waals surface area contributed by atoms with E-state index in [1.54, 1.807) is 7.11 Å². The Labute approximate surface area is 112 Å². The summed E-state index contributed by atoms with van der Waals surface area (Å²) < 4.78 is 5.84. The molecule has 0 unspecified atom stereocenters. The van der Waals surface area contributed by atoms with Crippen molar-refractivity contribution in [3.8, 4) is 17.0 Å². The molecule has 0 amide bonds. The Morgan fingerprint density at radius 2 is 2.06 bits per heavy atom. The van der Waals surface area contributed by atoms with Crippen LogP contribution in [-0.4, -0.2) is 17.1 Å². The van der Waals surface area contributed by atoms with Gasteiger partial charge in [0.2, 0.25) is 0 Å². The number of nitrogens with zero attached hydrogens (tertiary/aromatic N) is 1. The highest BCUT2D eigenvalue weighted by Crippen LogP contribution is 2.23. The topological polar surface area (TPSA) is 37.9 Å². The van der Waals surface area contributed by atoms with E-state index in [0.29, 0.717) is 10.6 Å². The normalized spacial score (nSPS) is 10.7. The van der Waals surface area contributed by atoms with Gasteiger partial charge in [-0.3, -0.25) is 0 Å². The second-order valence-corrected chi connectivity index (χ2v) is 4.82. The van der Waals surface area contributed by atoms with Gasteiger partial charge in [-0.2, -0.15) is 0 Å². The molecular weight excluding hydrogens is 244 g/mol. The van der Waals surface area contributed by atoms with Crippen molar-refractivity contribution in [3.05, 3.63) is 40.8 Å². The lowest BCUT2D eigenvalue weighted by Crippen LogP contribution is -1.99. The van der Waals surface area contributed by atoms with E-state index in [4.69, 9.17) is 17.0 Å². The molecule has 0 saturated carbocycles. The molecule has 0 radical (unpaired) electrons. The zero-order valence-corrected chi connectivity index (χ0v) is 11.5. The van der Waals surface area contributed by atoms with Crippen LogP contribution in [0.3, 0.4) is 0 Å². The second-order valence-electron chi connectivity index (χ2n) is 4.40. The Bertz CT molecular complexity index is 605. The Kier molecular flexibility index (Phi) is 3.77. The maximum atomic E-state index is 5.23. The summed E-state index contributed by atoms with van der Waals surface area (Å²) in [5, 5.41) is 0. The molecule has 1 heterocycles. The van der Waals surface area contributed by atoms with Crippen molar-refractivity contribution in [1.29, 1.82) is 0 Å². The van der Waals surface area contributed by atoms with E-state index >= 15 is 0 Å². The summed E-state index contributed by atoms with van der Waals surface area (Å²) in [6, 6.07) is 9.75. The third kappa shape index (κ3) is 2.76. The van der Waals surface area contributed by atoms with Crippen molar-refractivity contribution in [2.75, 3.05) is 7.11 Å². The van der Waals surface area contributed by atoms with Crippen LogP contribution in [0.5, 0.6) is 5.75 Å². The average molecular weight is 260 g/mol. The fraction of sp³-hybridized carbons (Fsp3) is 0.286. The van der Waals surface area contributed by atoms with Crippen LogP contribution in [0.25, 0.3) is 11.3 Å². The number of ether oxygens (including phenoxy) is 1. The maximum absolute atomic E-state index is 5.23. The van der Waals surface area contributed by atoms with E-state index in [9.17, 15) is 0 Å². The summed E-state index contributed by atoms with van der Waals surface area (Å²) in [6.07, 6.45) is 0. The van der Waals surface area contributed by atoms with Crippen LogP contribution in [0.4, 0.5) is 0 Å². The first-order valence-electron chi connectivity index (χ1n) is 5.86. The van der Waals surface area contributed by atoms with Crippen LogP contribution in [0, 0.1) is 4.64 Å². The summed E-state index contributed by atoms with van der Waals surface area (Å²) in [5.74, 6) is 2.05. The number of methoxy groups -OCH3 is 1. The molecule has 0 aliphatic rings. The average Bonchev–Trinajstić information content (AvgIpc) is 2.38. The molecule has 4 heteroatoms. The third-order valence-corrected chi connectivity index (χ3v) is 2.90. The minimum atomic E-state index is 0.317. The Balaban J connectivity index is 2.52. The summed E-state index contributed by atoms with van der Waals surface area (Å²) >= 11 is 5.21. The van der Waals surface area contributed by atoms with E-state index in [-0.39, 0.29) is 0 Å². The molecule has 0 fully saturated rings. The van der Waals surface area contributed by atoms with Crippen LogP contribution in [0.1, 0.15) is 25.6 Å². The van der Waals surface area contributed by atoms with Crippen molar-refractivity contribution >= 4 is 12.2 Å². The van der Waals surface area contributed by atoms with Crippen LogP contribution in [0.2, 0.25) is 0 Å². The lowest BCUT2D eigenvalue weighted by Gasteiger charge is -2.09. The van der Waals surface area contributed by atoms with Gasteiger partial charge in [0, 0.05) is 17.2 Å². The van der Waals surface area contributed by atoms with Crippen LogP contribution in [-0.2, 0) is 0 Å². The molecule has 0 aliphatic carbocycles. The summed E-state index contributed by atoms with van der Waals surface area (Å²) in [5.41, 5.74) is 2.02. The van der Waals surface area contributed by atoms with Crippen LogP contribution < -0.4 is 4.74 Å². The van der Waals surface area contributed by atoms with Gasteiger partial charge in [-0.1, -0.05) is 38.2 Å². The Morgan fingerprint density at radius 1 is 1.28 bits per heavy atom. The zero-order chi connectivity index (χ0) is 13.1. The molecule has 0 atom stereocenters. The van der Waals surface area contributed by atoms with Crippen molar-refractivity contribution in [2.24, 2.45) is 0 Å². The highest BCUT2D eigenvalue weighted by Gasteiger charge is 2.06. The molecule has 18 heavy (non-hydrogen) atoms. The molecule has 1 aromatic carbocycles. The fourth-order valence-electron chi connectivity index (χ4n) is 1.70. The number of nitrogens with one attached hydrogen (secondary N) is 1. The van der Waals surface area contributed by atoms with Crippen molar-refractivity contribution in [1.82, 2.24) is 9.97 Å². The number of aromatic nitrogens is 2. The van der Waals surface area contributed by atoms with Gasteiger partial charge in [-0.25, -0.2) is 4.98 Å². The maximum Gasteiger partial charge on any atom is 0.130 e. The fourth-order valence-corrected chi connectivity index (χ4v) is 1.91. The summed E-state index contributed by atoms with van der Waals surface area (Å²) in [6.45, 7) is 4.17. The van der Waals surface area contributed by atoms with E-state index < -0.39 is 0 Å². The van der Waals surface area contributed by atoms with E-state index in [0.717, 1.165) is 22.8 Å². The molecule has 94 valence electrons. The SMILES string of the molecule is COc1cccc(-c2cc(=S)nc(C(C)C)[nH]2)c1. The van der Waals surface area contributed by atoms with Gasteiger partial charge in [0.25, 0.3) is 0 Å². The number of H-pyrrole nitrogens is 1. The first-order chi connectivity index (χ1) is 8.60. The number of rotatable bonds is 3. The van der Waals surface area contributed by atoms with Gasteiger partial charge in [0.1, 0.15) is 16.2 Å². The lowest BCUT2D eigenvalue weighted by atomic mass is 10.1. The molecule has 1 aromatic heterocycles. The highest BCUT2D eigenvalue weighted by atomic mass is 32.1. The summed E-state index contributed by atoms with van der Waals surface area (Å²) in [4.78, 5) is 7.65. The lowest BCUT2D eigenvalue weighted by molar-refractivity contribution is 0.415. The number of benzene rings is 1. The number of hydrogen-bond donors (Lipinski definition) is 1. The van der Waals surface area contributed by atoms with Crippen molar-refractivity contribution < 1.29 is 4.74 Å². The molecule has 3 nitrogen and oxygen atoms in total.